The van der Waals surface area contributed by atoms with Gasteiger partial charge in [-0.2, -0.15) is 13.2 Å². The average Bonchev–Trinajstić information content (AvgIpc) is 2.82. The zero-order valence-corrected chi connectivity index (χ0v) is 10.9. The molecule has 1 atom stereocenters. The van der Waals surface area contributed by atoms with E-state index in [1.165, 1.54) is 13.0 Å². The van der Waals surface area contributed by atoms with Crippen LogP contribution in [0.3, 0.4) is 0 Å². The van der Waals surface area contributed by atoms with Crippen LogP contribution in [-0.4, -0.2) is 4.98 Å². The Labute approximate surface area is 115 Å². The summed E-state index contributed by atoms with van der Waals surface area (Å²) in [7, 11) is 0. The zero-order valence-electron chi connectivity index (χ0n) is 10.1. The first-order chi connectivity index (χ1) is 9.20. The summed E-state index contributed by atoms with van der Waals surface area (Å²) in [4.78, 5) is 3.28. The molecule has 2 N–H and O–H groups in total. The first-order valence-corrected chi connectivity index (χ1v) is 6.26. The number of alkyl halides is 3. The molecule has 0 fully saturated rings. The van der Waals surface area contributed by atoms with Crippen molar-refractivity contribution in [3.8, 4) is 0 Å². The Morgan fingerprint density at radius 1 is 1.20 bits per heavy atom. The minimum Gasteiger partial charge on any atom is -0.319 e. The number of thiazole rings is 1. The van der Waals surface area contributed by atoms with Crippen LogP contribution in [0.4, 0.5) is 22.0 Å². The van der Waals surface area contributed by atoms with Crippen LogP contribution in [-0.2, 0) is 6.18 Å². The predicted molar refractivity (Wildman–Crippen MR) is 64.2 cm³/mol. The number of nitrogens with zero attached hydrogens (tertiary/aromatic N) is 1. The van der Waals surface area contributed by atoms with Gasteiger partial charge in [0.1, 0.15) is 11.6 Å². The molecule has 2 nitrogen and oxygen atoms in total. The zero-order chi connectivity index (χ0) is 15.1. The van der Waals surface area contributed by atoms with Gasteiger partial charge in [-0.1, -0.05) is 0 Å². The first-order valence-electron chi connectivity index (χ1n) is 5.44. The number of benzene rings is 1. The van der Waals surface area contributed by atoms with Crippen LogP contribution in [0.1, 0.15) is 27.1 Å². The summed E-state index contributed by atoms with van der Waals surface area (Å²) in [5, 5.41) is -1.05. The topological polar surface area (TPSA) is 38.9 Å². The third-order valence-corrected chi connectivity index (χ3v) is 3.81. The smallest absolute Gasteiger partial charge is 0.319 e. The summed E-state index contributed by atoms with van der Waals surface area (Å²) < 4.78 is 64.1. The van der Waals surface area contributed by atoms with Gasteiger partial charge in [0.25, 0.3) is 0 Å². The van der Waals surface area contributed by atoms with Crippen molar-refractivity contribution in [2.45, 2.75) is 19.1 Å². The molecule has 1 unspecified atom stereocenters. The molecule has 20 heavy (non-hydrogen) atoms. The Kier molecular flexibility index (Phi) is 3.79. The SMILES string of the molecule is Cc1cc(C(N)c2cnc(C(F)(F)F)s2)c(F)cc1F. The lowest BCUT2D eigenvalue weighted by molar-refractivity contribution is -0.137. The van der Waals surface area contributed by atoms with Crippen LogP contribution in [0.2, 0.25) is 0 Å². The highest BCUT2D eigenvalue weighted by molar-refractivity contribution is 7.11. The highest BCUT2D eigenvalue weighted by Crippen LogP contribution is 2.35. The van der Waals surface area contributed by atoms with Gasteiger partial charge in [-0.3, -0.25) is 0 Å². The fourth-order valence-electron chi connectivity index (χ4n) is 1.63. The second kappa shape index (κ2) is 5.10. The van der Waals surface area contributed by atoms with Crippen LogP contribution in [0.25, 0.3) is 0 Å². The lowest BCUT2D eigenvalue weighted by Gasteiger charge is -2.12. The maximum atomic E-state index is 13.6. The van der Waals surface area contributed by atoms with Gasteiger partial charge in [-0.05, 0) is 18.6 Å². The fourth-order valence-corrected chi connectivity index (χ4v) is 2.44. The second-order valence-corrected chi connectivity index (χ2v) is 5.23. The number of aryl methyl sites for hydroxylation is 1. The molecule has 1 aromatic heterocycles. The minimum absolute atomic E-state index is 0.0576. The van der Waals surface area contributed by atoms with Crippen molar-refractivity contribution < 1.29 is 22.0 Å². The van der Waals surface area contributed by atoms with E-state index in [1.54, 1.807) is 0 Å². The van der Waals surface area contributed by atoms with E-state index in [-0.39, 0.29) is 16.0 Å². The average molecular weight is 308 g/mol. The van der Waals surface area contributed by atoms with Crippen molar-refractivity contribution in [2.24, 2.45) is 5.73 Å². The summed E-state index contributed by atoms with van der Waals surface area (Å²) in [6, 6.07) is 0.723. The highest BCUT2D eigenvalue weighted by Gasteiger charge is 2.35. The molecule has 2 aromatic rings. The Hall–Kier alpha value is -1.54. The van der Waals surface area contributed by atoms with E-state index in [2.05, 4.69) is 4.98 Å². The molecule has 8 heteroatoms. The van der Waals surface area contributed by atoms with Gasteiger partial charge in [0, 0.05) is 22.7 Å². The van der Waals surface area contributed by atoms with Gasteiger partial charge in [0.15, 0.2) is 5.01 Å². The molecule has 0 bridgehead atoms. The summed E-state index contributed by atoms with van der Waals surface area (Å²) in [6.45, 7) is 1.42. The molecular formula is C12H9F5N2S. The summed E-state index contributed by atoms with van der Waals surface area (Å²) in [5.41, 5.74) is 5.83. The van der Waals surface area contributed by atoms with Gasteiger partial charge in [0.05, 0.1) is 6.04 Å². The normalized spacial score (nSPS) is 13.6. The van der Waals surface area contributed by atoms with Crippen molar-refractivity contribution in [3.05, 3.63) is 51.0 Å². The number of nitrogens with two attached hydrogens (primary N) is 1. The summed E-state index contributed by atoms with van der Waals surface area (Å²) >= 11 is 0.340. The number of hydrogen-bond acceptors (Lipinski definition) is 3. The third kappa shape index (κ3) is 2.80. The summed E-state index contributed by atoms with van der Waals surface area (Å²) in [5.74, 6) is -1.64. The van der Waals surface area contributed by atoms with Gasteiger partial charge in [-0.25, -0.2) is 13.8 Å². The lowest BCUT2D eigenvalue weighted by Crippen LogP contribution is -2.13. The van der Waals surface area contributed by atoms with Crippen molar-refractivity contribution in [2.75, 3.05) is 0 Å². The Morgan fingerprint density at radius 2 is 1.85 bits per heavy atom. The van der Waals surface area contributed by atoms with E-state index < -0.39 is 28.9 Å². The van der Waals surface area contributed by atoms with Gasteiger partial charge >= 0.3 is 6.18 Å². The molecule has 2 rings (SSSR count). The van der Waals surface area contributed by atoms with Gasteiger partial charge in [0.2, 0.25) is 0 Å². The maximum Gasteiger partial charge on any atom is 0.443 e. The van der Waals surface area contributed by atoms with Gasteiger partial charge < -0.3 is 5.73 Å². The largest absolute Gasteiger partial charge is 0.443 e. The lowest BCUT2D eigenvalue weighted by atomic mass is 10.0. The fraction of sp³-hybridized carbons (Fsp3) is 0.250. The number of rotatable bonds is 2. The van der Waals surface area contributed by atoms with Crippen LogP contribution in [0, 0.1) is 18.6 Å². The van der Waals surface area contributed by atoms with Crippen LogP contribution < -0.4 is 5.73 Å². The molecule has 0 saturated carbocycles. The molecule has 108 valence electrons. The minimum atomic E-state index is -4.57. The van der Waals surface area contributed by atoms with Crippen molar-refractivity contribution in [1.29, 1.82) is 0 Å². The van der Waals surface area contributed by atoms with E-state index in [1.807, 2.05) is 0 Å². The van der Waals surface area contributed by atoms with Crippen molar-refractivity contribution >= 4 is 11.3 Å². The van der Waals surface area contributed by atoms with Gasteiger partial charge in [-0.15, -0.1) is 11.3 Å². The molecular weight excluding hydrogens is 299 g/mol. The molecule has 0 aliphatic heterocycles. The second-order valence-electron chi connectivity index (χ2n) is 4.17. The molecule has 0 spiro atoms. The van der Waals surface area contributed by atoms with Crippen LogP contribution in [0.5, 0.6) is 0 Å². The first kappa shape index (κ1) is 14.9. The number of halogens is 5. The molecule has 1 aromatic carbocycles. The molecule has 1 heterocycles. The molecule has 0 aliphatic carbocycles. The maximum absolute atomic E-state index is 13.6. The molecule has 0 radical (unpaired) electrons. The van der Waals surface area contributed by atoms with Crippen molar-refractivity contribution in [1.82, 2.24) is 4.98 Å². The molecule has 0 saturated heterocycles. The Bertz CT molecular complexity index is 635. The van der Waals surface area contributed by atoms with E-state index in [4.69, 9.17) is 5.73 Å². The highest BCUT2D eigenvalue weighted by atomic mass is 32.1. The predicted octanol–water partition coefficient (Wildman–Crippen LogP) is 3.80. The Balaban J connectivity index is 2.39. The van der Waals surface area contributed by atoms with E-state index in [0.717, 1.165) is 6.20 Å². The number of aromatic nitrogens is 1. The monoisotopic (exact) mass is 308 g/mol. The van der Waals surface area contributed by atoms with E-state index >= 15 is 0 Å². The van der Waals surface area contributed by atoms with E-state index in [9.17, 15) is 22.0 Å². The summed E-state index contributed by atoms with van der Waals surface area (Å²) in [6.07, 6.45) is -3.61. The molecule has 0 amide bonds. The quantitative estimate of drug-likeness (QED) is 0.857. The Morgan fingerprint density at radius 3 is 2.40 bits per heavy atom. The van der Waals surface area contributed by atoms with Crippen LogP contribution in [0.15, 0.2) is 18.3 Å². The number of hydrogen-bond donors (Lipinski definition) is 1. The molecule has 0 aliphatic rings. The standard InChI is InChI=1S/C12H9F5N2S/c1-5-2-6(8(14)3-7(5)13)10(18)9-4-19-11(20-9)12(15,16)17/h2-4,10H,18H2,1H3. The van der Waals surface area contributed by atoms with E-state index in [0.29, 0.717) is 17.4 Å². The third-order valence-electron chi connectivity index (χ3n) is 2.69. The van der Waals surface area contributed by atoms with Crippen LogP contribution >= 0.6 is 11.3 Å². The van der Waals surface area contributed by atoms with Crippen molar-refractivity contribution in [3.63, 3.8) is 0 Å².